The van der Waals surface area contributed by atoms with Gasteiger partial charge in [0, 0.05) is 19.1 Å². The van der Waals surface area contributed by atoms with E-state index >= 15 is 0 Å². The number of hydrogen-bond acceptors (Lipinski definition) is 2. The van der Waals surface area contributed by atoms with Crippen LogP contribution in [0.15, 0.2) is 24.3 Å². The van der Waals surface area contributed by atoms with E-state index in [-0.39, 0.29) is 0 Å². The predicted molar refractivity (Wildman–Crippen MR) is 75.5 cm³/mol. The van der Waals surface area contributed by atoms with Gasteiger partial charge in [0.15, 0.2) is 0 Å². The summed E-state index contributed by atoms with van der Waals surface area (Å²) in [5.74, 6) is 0.519. The number of benzene rings is 1. The van der Waals surface area contributed by atoms with Gasteiger partial charge in [-0.3, -0.25) is 0 Å². The molecule has 0 aromatic heterocycles. The normalized spacial score (nSPS) is 14.1. The number of rotatable bonds is 6. The molecule has 1 N–H and O–H groups in total. The van der Waals surface area contributed by atoms with E-state index in [1.807, 2.05) is 14.1 Å². The fourth-order valence-corrected chi connectivity index (χ4v) is 2.19. The Hall–Kier alpha value is -1.07. The smallest absolute Gasteiger partial charge is 0.311 e. The van der Waals surface area contributed by atoms with Gasteiger partial charge in [-0.25, -0.2) is 0 Å². The monoisotopic (exact) mass is 288 g/mol. The molecule has 0 aliphatic rings. The van der Waals surface area contributed by atoms with Crippen molar-refractivity contribution in [1.82, 2.24) is 10.2 Å². The number of nitrogens with zero attached hydrogens (tertiary/aromatic N) is 1. The van der Waals surface area contributed by atoms with Crippen molar-refractivity contribution in [3.05, 3.63) is 35.4 Å². The zero-order valence-corrected chi connectivity index (χ0v) is 12.5. The lowest BCUT2D eigenvalue weighted by Gasteiger charge is -2.28. The highest BCUT2D eigenvalue weighted by molar-refractivity contribution is 5.24. The Morgan fingerprint density at radius 1 is 1.10 bits per heavy atom. The molecular weight excluding hydrogens is 265 g/mol. The Morgan fingerprint density at radius 2 is 1.65 bits per heavy atom. The van der Waals surface area contributed by atoms with Crippen LogP contribution in [0.1, 0.15) is 25.0 Å². The van der Waals surface area contributed by atoms with Crippen LogP contribution >= 0.6 is 0 Å². The van der Waals surface area contributed by atoms with E-state index in [1.165, 1.54) is 12.1 Å². The summed E-state index contributed by atoms with van der Waals surface area (Å²) in [4.78, 5) is 2.16. The summed E-state index contributed by atoms with van der Waals surface area (Å²) in [6, 6.07) is 5.71. The topological polar surface area (TPSA) is 15.3 Å². The quantitative estimate of drug-likeness (QED) is 0.863. The molecule has 0 saturated heterocycles. The molecule has 5 heteroatoms. The molecule has 0 radical (unpaired) electrons. The highest BCUT2D eigenvalue weighted by Crippen LogP contribution is 2.29. The van der Waals surface area contributed by atoms with Crippen molar-refractivity contribution in [2.75, 3.05) is 20.6 Å². The summed E-state index contributed by atoms with van der Waals surface area (Å²) >= 11 is 0. The first-order valence-electron chi connectivity index (χ1n) is 6.75. The molecule has 0 heterocycles. The van der Waals surface area contributed by atoms with Gasteiger partial charge in [0.1, 0.15) is 0 Å². The van der Waals surface area contributed by atoms with E-state index in [9.17, 15) is 13.2 Å². The Morgan fingerprint density at radius 3 is 2.05 bits per heavy atom. The lowest BCUT2D eigenvalue weighted by molar-refractivity contribution is -0.137. The van der Waals surface area contributed by atoms with Crippen LogP contribution in [0, 0.1) is 5.92 Å². The average molecular weight is 288 g/mol. The maximum Gasteiger partial charge on any atom is 0.416 e. The van der Waals surface area contributed by atoms with Crippen LogP contribution in [0.4, 0.5) is 13.2 Å². The third-order valence-corrected chi connectivity index (χ3v) is 3.40. The standard InChI is InChI=1S/C15H23F3N2/c1-11(2)14(20(3)4)10-19-9-12-5-7-13(8-6-12)15(16,17)18/h5-8,11,14,19H,9-10H2,1-4H3. The van der Waals surface area contributed by atoms with Crippen LogP contribution < -0.4 is 5.32 Å². The third kappa shape index (κ3) is 5.13. The molecule has 1 rings (SSSR count). The van der Waals surface area contributed by atoms with Crippen molar-refractivity contribution < 1.29 is 13.2 Å². The summed E-state index contributed by atoms with van der Waals surface area (Å²) in [7, 11) is 4.06. The summed E-state index contributed by atoms with van der Waals surface area (Å²) in [5.41, 5.74) is 0.258. The fourth-order valence-electron chi connectivity index (χ4n) is 2.19. The van der Waals surface area contributed by atoms with Gasteiger partial charge in [-0.2, -0.15) is 13.2 Å². The minimum atomic E-state index is -4.26. The predicted octanol–water partition coefficient (Wildman–Crippen LogP) is 3.38. The van der Waals surface area contributed by atoms with Crippen LogP contribution in [-0.4, -0.2) is 31.6 Å². The summed E-state index contributed by atoms with van der Waals surface area (Å²) in [6.45, 7) is 5.70. The van der Waals surface area contributed by atoms with Crippen LogP contribution in [0.2, 0.25) is 0 Å². The zero-order valence-electron chi connectivity index (χ0n) is 12.5. The summed E-state index contributed by atoms with van der Waals surface area (Å²) in [5, 5.41) is 3.30. The van der Waals surface area contributed by atoms with E-state index in [0.717, 1.165) is 24.2 Å². The molecule has 1 aromatic carbocycles. The van der Waals surface area contributed by atoms with Crippen molar-refractivity contribution in [3.63, 3.8) is 0 Å². The maximum atomic E-state index is 12.4. The Labute approximate surface area is 119 Å². The van der Waals surface area contributed by atoms with Crippen LogP contribution in [0.5, 0.6) is 0 Å². The first-order valence-corrected chi connectivity index (χ1v) is 6.75. The van der Waals surface area contributed by atoms with Gasteiger partial charge in [-0.15, -0.1) is 0 Å². The van der Waals surface area contributed by atoms with E-state index in [1.54, 1.807) is 0 Å². The van der Waals surface area contributed by atoms with Gasteiger partial charge in [0.05, 0.1) is 5.56 Å². The second-order valence-electron chi connectivity index (χ2n) is 5.60. The molecular formula is C15H23F3N2. The SMILES string of the molecule is CC(C)C(CNCc1ccc(C(F)(F)F)cc1)N(C)C. The molecule has 1 unspecified atom stereocenters. The second-order valence-corrected chi connectivity index (χ2v) is 5.60. The van der Waals surface area contributed by atoms with E-state index in [4.69, 9.17) is 0 Å². The first-order chi connectivity index (χ1) is 9.21. The van der Waals surface area contributed by atoms with E-state index < -0.39 is 11.7 Å². The van der Waals surface area contributed by atoms with Crippen molar-refractivity contribution in [1.29, 1.82) is 0 Å². The van der Waals surface area contributed by atoms with Crippen molar-refractivity contribution in [2.45, 2.75) is 32.6 Å². The minimum absolute atomic E-state index is 0.407. The molecule has 0 saturated carbocycles. The average Bonchev–Trinajstić information content (AvgIpc) is 2.33. The molecule has 20 heavy (non-hydrogen) atoms. The molecule has 0 spiro atoms. The second kappa shape index (κ2) is 7.09. The van der Waals surface area contributed by atoms with Gasteiger partial charge in [0.25, 0.3) is 0 Å². The van der Waals surface area contributed by atoms with Crippen molar-refractivity contribution in [3.8, 4) is 0 Å². The minimum Gasteiger partial charge on any atom is -0.311 e. The van der Waals surface area contributed by atoms with Crippen LogP contribution in [-0.2, 0) is 12.7 Å². The highest BCUT2D eigenvalue weighted by Gasteiger charge is 2.29. The van der Waals surface area contributed by atoms with Crippen molar-refractivity contribution in [2.24, 2.45) is 5.92 Å². The molecule has 0 bridgehead atoms. The maximum absolute atomic E-state index is 12.4. The van der Waals surface area contributed by atoms with Gasteiger partial charge < -0.3 is 10.2 Å². The molecule has 2 nitrogen and oxygen atoms in total. The number of halogens is 3. The lowest BCUT2D eigenvalue weighted by Crippen LogP contribution is -2.41. The van der Waals surface area contributed by atoms with Gasteiger partial charge in [-0.05, 0) is 37.7 Å². The Balaban J connectivity index is 2.50. The summed E-state index contributed by atoms with van der Waals surface area (Å²) < 4.78 is 37.3. The molecule has 1 atom stereocenters. The van der Waals surface area contributed by atoms with E-state index in [2.05, 4.69) is 24.1 Å². The van der Waals surface area contributed by atoms with Crippen LogP contribution in [0.25, 0.3) is 0 Å². The van der Waals surface area contributed by atoms with Gasteiger partial charge in [0.2, 0.25) is 0 Å². The molecule has 0 aliphatic heterocycles. The number of nitrogens with one attached hydrogen (secondary N) is 1. The largest absolute Gasteiger partial charge is 0.416 e. The summed E-state index contributed by atoms with van der Waals surface area (Å²) in [6.07, 6.45) is -4.26. The highest BCUT2D eigenvalue weighted by atomic mass is 19.4. The Kier molecular flexibility index (Phi) is 6.02. The lowest BCUT2D eigenvalue weighted by atomic mass is 10.0. The molecule has 1 aromatic rings. The van der Waals surface area contributed by atoms with Gasteiger partial charge >= 0.3 is 6.18 Å². The molecule has 0 aliphatic carbocycles. The number of hydrogen-bond donors (Lipinski definition) is 1. The molecule has 114 valence electrons. The zero-order chi connectivity index (χ0) is 15.3. The number of likely N-dealkylation sites (N-methyl/N-ethyl adjacent to an activating group) is 1. The molecule has 0 fully saturated rings. The van der Waals surface area contributed by atoms with Crippen LogP contribution in [0.3, 0.4) is 0 Å². The van der Waals surface area contributed by atoms with E-state index in [0.29, 0.717) is 18.5 Å². The first kappa shape index (κ1) is 17.0. The Bertz CT molecular complexity index is 389. The van der Waals surface area contributed by atoms with Gasteiger partial charge in [-0.1, -0.05) is 26.0 Å². The number of alkyl halides is 3. The molecule has 0 amide bonds. The van der Waals surface area contributed by atoms with Crippen molar-refractivity contribution >= 4 is 0 Å². The fraction of sp³-hybridized carbons (Fsp3) is 0.600. The third-order valence-electron chi connectivity index (χ3n) is 3.40.